The Kier molecular flexibility index (Phi) is 5.41. The van der Waals surface area contributed by atoms with Crippen molar-refractivity contribution in [3.8, 4) is 17.1 Å². The fourth-order valence-electron chi connectivity index (χ4n) is 2.73. The van der Waals surface area contributed by atoms with Crippen molar-refractivity contribution in [1.29, 1.82) is 0 Å². The van der Waals surface area contributed by atoms with E-state index in [-0.39, 0.29) is 10.9 Å². The second kappa shape index (κ2) is 7.75. The molecule has 0 aliphatic rings. The van der Waals surface area contributed by atoms with Crippen molar-refractivity contribution in [1.82, 2.24) is 20.1 Å². The first-order valence-corrected chi connectivity index (χ1v) is 8.54. The number of aromatic nitrogens is 3. The van der Waals surface area contributed by atoms with Crippen LogP contribution in [0.15, 0.2) is 42.5 Å². The van der Waals surface area contributed by atoms with E-state index in [1.54, 1.807) is 24.9 Å². The van der Waals surface area contributed by atoms with Gasteiger partial charge in [0.1, 0.15) is 17.6 Å². The number of halogens is 2. The van der Waals surface area contributed by atoms with E-state index in [4.69, 9.17) is 16.3 Å². The molecule has 3 rings (SSSR count). The number of carbonyl (C=O) groups is 1. The van der Waals surface area contributed by atoms with Crippen LogP contribution in [0.4, 0.5) is 4.39 Å². The number of hydrogen-bond donors (Lipinski definition) is 1. The van der Waals surface area contributed by atoms with Crippen molar-refractivity contribution in [2.45, 2.75) is 13.0 Å². The third-order valence-electron chi connectivity index (χ3n) is 4.01. The summed E-state index contributed by atoms with van der Waals surface area (Å²) in [6.45, 7) is 1.43. The predicted molar refractivity (Wildman–Crippen MR) is 100 cm³/mol. The molecule has 140 valence electrons. The van der Waals surface area contributed by atoms with Gasteiger partial charge in [-0.3, -0.25) is 9.48 Å². The van der Waals surface area contributed by atoms with Gasteiger partial charge in [0.05, 0.1) is 12.1 Å². The molecule has 0 aliphatic carbocycles. The van der Waals surface area contributed by atoms with Crippen LogP contribution in [0.2, 0.25) is 5.02 Å². The molecule has 0 aliphatic heterocycles. The molecule has 0 bridgehead atoms. The number of nitrogens with one attached hydrogen (secondary N) is 1. The number of nitrogens with zero attached hydrogens (tertiary/aromatic N) is 3. The quantitative estimate of drug-likeness (QED) is 0.726. The molecule has 0 fully saturated rings. The lowest BCUT2D eigenvalue weighted by atomic mass is 10.1. The Labute approximate surface area is 160 Å². The number of hydrogen-bond acceptors (Lipinski definition) is 4. The van der Waals surface area contributed by atoms with Gasteiger partial charge >= 0.3 is 0 Å². The minimum absolute atomic E-state index is 0.0300. The van der Waals surface area contributed by atoms with Gasteiger partial charge in [-0.15, -0.1) is 0 Å². The second-order valence-electron chi connectivity index (χ2n) is 5.96. The summed E-state index contributed by atoms with van der Waals surface area (Å²) in [5, 5.41) is 7.27. The lowest BCUT2D eigenvalue weighted by Gasteiger charge is -2.18. The average molecular weight is 389 g/mol. The lowest BCUT2D eigenvalue weighted by Crippen LogP contribution is -2.29. The van der Waals surface area contributed by atoms with Crippen molar-refractivity contribution in [2.75, 3.05) is 7.11 Å². The van der Waals surface area contributed by atoms with Gasteiger partial charge in [-0.05, 0) is 35.9 Å². The number of amides is 1. The van der Waals surface area contributed by atoms with Gasteiger partial charge in [-0.25, -0.2) is 9.37 Å². The third-order valence-corrected chi connectivity index (χ3v) is 4.31. The van der Waals surface area contributed by atoms with E-state index in [1.165, 1.54) is 19.1 Å². The van der Waals surface area contributed by atoms with Crippen LogP contribution in [-0.4, -0.2) is 27.8 Å². The average Bonchev–Trinajstić information content (AvgIpc) is 3.03. The highest BCUT2D eigenvalue weighted by molar-refractivity contribution is 6.30. The van der Waals surface area contributed by atoms with Crippen LogP contribution in [-0.2, 0) is 11.8 Å². The first-order chi connectivity index (χ1) is 12.9. The summed E-state index contributed by atoms with van der Waals surface area (Å²) in [6, 6.07) is 11.2. The van der Waals surface area contributed by atoms with E-state index >= 15 is 0 Å². The van der Waals surface area contributed by atoms with E-state index in [9.17, 15) is 9.18 Å². The van der Waals surface area contributed by atoms with E-state index < -0.39 is 11.9 Å². The summed E-state index contributed by atoms with van der Waals surface area (Å²) in [5.74, 6) is 0.731. The number of rotatable bonds is 5. The van der Waals surface area contributed by atoms with Crippen molar-refractivity contribution in [3.05, 3.63) is 64.7 Å². The molecule has 0 saturated heterocycles. The zero-order chi connectivity index (χ0) is 19.6. The number of benzene rings is 2. The van der Waals surface area contributed by atoms with Crippen LogP contribution in [0.1, 0.15) is 24.4 Å². The monoisotopic (exact) mass is 388 g/mol. The SMILES string of the molecule is COc1cccc(C(NC(C)=O)c2nc(-c3ccc(Cl)c(F)c3)nn2C)c1. The molecule has 1 atom stereocenters. The molecule has 0 saturated carbocycles. The molecule has 6 nitrogen and oxygen atoms in total. The van der Waals surface area contributed by atoms with E-state index in [1.807, 2.05) is 24.3 Å². The smallest absolute Gasteiger partial charge is 0.217 e. The topological polar surface area (TPSA) is 69.0 Å². The molecular weight excluding hydrogens is 371 g/mol. The summed E-state index contributed by atoms with van der Waals surface area (Å²) in [5.41, 5.74) is 1.28. The lowest BCUT2D eigenvalue weighted by molar-refractivity contribution is -0.119. The van der Waals surface area contributed by atoms with Gasteiger partial charge in [0, 0.05) is 19.5 Å². The Morgan fingerprint density at radius 2 is 2.07 bits per heavy atom. The Morgan fingerprint density at radius 1 is 1.30 bits per heavy atom. The molecule has 2 aromatic carbocycles. The molecule has 1 amide bonds. The minimum Gasteiger partial charge on any atom is -0.497 e. The predicted octanol–water partition coefficient (Wildman–Crippen LogP) is 3.51. The summed E-state index contributed by atoms with van der Waals surface area (Å²) in [6.07, 6.45) is 0. The Balaban J connectivity index is 2.05. The number of methoxy groups -OCH3 is 1. The summed E-state index contributed by atoms with van der Waals surface area (Å²) in [4.78, 5) is 16.3. The molecule has 1 unspecified atom stereocenters. The van der Waals surface area contributed by atoms with Crippen LogP contribution >= 0.6 is 11.6 Å². The third kappa shape index (κ3) is 4.09. The van der Waals surface area contributed by atoms with E-state index in [2.05, 4.69) is 15.4 Å². The fourth-order valence-corrected chi connectivity index (χ4v) is 2.84. The maximum atomic E-state index is 13.8. The zero-order valence-corrected chi connectivity index (χ0v) is 15.8. The van der Waals surface area contributed by atoms with Crippen LogP contribution in [0.5, 0.6) is 5.75 Å². The normalized spacial score (nSPS) is 11.9. The summed E-state index contributed by atoms with van der Waals surface area (Å²) >= 11 is 5.74. The number of carbonyl (C=O) groups excluding carboxylic acids is 1. The zero-order valence-electron chi connectivity index (χ0n) is 15.0. The minimum atomic E-state index is -0.547. The van der Waals surface area contributed by atoms with Gasteiger partial charge in [0.2, 0.25) is 5.91 Å². The molecular formula is C19H18ClFN4O2. The highest BCUT2D eigenvalue weighted by Crippen LogP contribution is 2.27. The fraction of sp³-hybridized carbons (Fsp3) is 0.211. The molecule has 8 heteroatoms. The molecule has 27 heavy (non-hydrogen) atoms. The Hall–Kier alpha value is -2.93. The standard InChI is InChI=1S/C19H18ClFN4O2/c1-11(26)22-17(12-5-4-6-14(9-12)27-3)19-23-18(24-25(19)2)13-7-8-15(20)16(21)10-13/h4-10,17H,1-3H3,(H,22,26). The largest absolute Gasteiger partial charge is 0.497 e. The maximum Gasteiger partial charge on any atom is 0.217 e. The van der Waals surface area contributed by atoms with E-state index in [0.717, 1.165) is 5.56 Å². The Bertz CT molecular complexity index is 990. The number of aryl methyl sites for hydroxylation is 1. The van der Waals surface area contributed by atoms with Crippen LogP contribution < -0.4 is 10.1 Å². The molecule has 0 spiro atoms. The van der Waals surface area contributed by atoms with Gasteiger partial charge in [0.25, 0.3) is 0 Å². The second-order valence-corrected chi connectivity index (χ2v) is 6.36. The summed E-state index contributed by atoms with van der Waals surface area (Å²) in [7, 11) is 3.29. The van der Waals surface area contributed by atoms with Gasteiger partial charge in [-0.1, -0.05) is 23.7 Å². The highest BCUT2D eigenvalue weighted by Gasteiger charge is 2.23. The molecule has 1 heterocycles. The highest BCUT2D eigenvalue weighted by atomic mass is 35.5. The molecule has 0 radical (unpaired) electrons. The van der Waals surface area contributed by atoms with Crippen LogP contribution in [0.25, 0.3) is 11.4 Å². The van der Waals surface area contributed by atoms with Gasteiger partial charge < -0.3 is 10.1 Å². The van der Waals surface area contributed by atoms with Crippen molar-refractivity contribution in [3.63, 3.8) is 0 Å². The molecule has 1 N–H and O–H groups in total. The van der Waals surface area contributed by atoms with Crippen LogP contribution in [0, 0.1) is 5.82 Å². The first kappa shape index (κ1) is 18.8. The van der Waals surface area contributed by atoms with Crippen molar-refractivity contribution in [2.24, 2.45) is 7.05 Å². The van der Waals surface area contributed by atoms with Gasteiger partial charge in [0.15, 0.2) is 11.6 Å². The van der Waals surface area contributed by atoms with Crippen molar-refractivity contribution >= 4 is 17.5 Å². The Morgan fingerprint density at radius 3 is 2.74 bits per heavy atom. The molecule has 1 aromatic heterocycles. The summed E-state index contributed by atoms with van der Waals surface area (Å²) < 4.78 is 20.6. The van der Waals surface area contributed by atoms with Crippen LogP contribution in [0.3, 0.4) is 0 Å². The first-order valence-electron chi connectivity index (χ1n) is 8.16. The van der Waals surface area contributed by atoms with Crippen molar-refractivity contribution < 1.29 is 13.9 Å². The van der Waals surface area contributed by atoms with E-state index in [0.29, 0.717) is 23.0 Å². The van der Waals surface area contributed by atoms with Gasteiger partial charge in [-0.2, -0.15) is 5.10 Å². The maximum absolute atomic E-state index is 13.8. The molecule has 3 aromatic rings. The number of ether oxygens (including phenoxy) is 1.